The first-order valence-electron chi connectivity index (χ1n) is 8.44. The first-order chi connectivity index (χ1) is 12.7. The number of hydrogen-bond donors (Lipinski definition) is 4. The number of amides is 2. The van der Waals surface area contributed by atoms with Crippen LogP contribution in [0, 0.1) is 0 Å². The number of guanidine groups is 1. The zero-order chi connectivity index (χ0) is 18.4. The third-order valence-corrected chi connectivity index (χ3v) is 3.89. The highest BCUT2D eigenvalue weighted by atomic mass is 16.2. The Labute approximate surface area is 151 Å². The molecule has 1 aliphatic heterocycles. The third kappa shape index (κ3) is 4.38. The lowest BCUT2D eigenvalue weighted by Crippen LogP contribution is -2.35. The van der Waals surface area contributed by atoms with Gasteiger partial charge in [0.25, 0.3) is 11.8 Å². The van der Waals surface area contributed by atoms with Crippen LogP contribution in [0.4, 0.5) is 11.4 Å². The van der Waals surface area contributed by atoms with Crippen molar-refractivity contribution < 1.29 is 9.59 Å². The van der Waals surface area contributed by atoms with Gasteiger partial charge in [-0.05, 0) is 42.8 Å². The highest BCUT2D eigenvalue weighted by Gasteiger charge is 2.10. The molecule has 0 radical (unpaired) electrons. The number of hydrogen-bond acceptors (Lipinski definition) is 5. The Morgan fingerprint density at radius 3 is 2.38 bits per heavy atom. The number of nitrogens with one attached hydrogen (secondary N) is 4. The van der Waals surface area contributed by atoms with Gasteiger partial charge in [0.05, 0.1) is 0 Å². The van der Waals surface area contributed by atoms with Gasteiger partial charge in [-0.25, -0.2) is 0 Å². The lowest BCUT2D eigenvalue weighted by Gasteiger charge is -2.16. The first kappa shape index (κ1) is 17.5. The lowest BCUT2D eigenvalue weighted by molar-refractivity contribution is 0.0961. The van der Waals surface area contributed by atoms with Crippen molar-refractivity contribution in [3.05, 3.63) is 59.7 Å². The van der Waals surface area contributed by atoms with Gasteiger partial charge in [0, 0.05) is 42.6 Å². The fourth-order valence-corrected chi connectivity index (χ4v) is 2.58. The maximum absolute atomic E-state index is 12.5. The van der Waals surface area contributed by atoms with E-state index in [9.17, 15) is 9.59 Å². The van der Waals surface area contributed by atoms with E-state index in [-0.39, 0.29) is 11.8 Å². The molecule has 0 saturated heterocycles. The van der Waals surface area contributed by atoms with Crippen LogP contribution in [0.15, 0.2) is 53.5 Å². The predicted molar refractivity (Wildman–Crippen MR) is 103 cm³/mol. The van der Waals surface area contributed by atoms with Crippen LogP contribution in [0.5, 0.6) is 0 Å². The van der Waals surface area contributed by atoms with Crippen molar-refractivity contribution in [3.63, 3.8) is 0 Å². The standard InChI is InChI=1S/C19H21N5O2/c1-20-17(25)13-5-2-7-15(11-13)23-18(26)14-6-3-8-16(12-14)24-19-21-9-4-10-22-19/h2-3,5-8,11-12H,4,9-10H2,1H3,(H,20,25)(H,23,26)(H2,21,22,24). The van der Waals surface area contributed by atoms with E-state index in [2.05, 4.69) is 26.3 Å². The largest absolute Gasteiger partial charge is 0.356 e. The van der Waals surface area contributed by atoms with Gasteiger partial charge in [-0.1, -0.05) is 12.1 Å². The molecular weight excluding hydrogens is 330 g/mol. The molecule has 2 aromatic rings. The highest BCUT2D eigenvalue weighted by molar-refractivity contribution is 6.06. The van der Waals surface area contributed by atoms with Crippen molar-refractivity contribution in [1.82, 2.24) is 10.6 Å². The molecule has 7 heteroatoms. The van der Waals surface area contributed by atoms with Crippen LogP contribution in [0.25, 0.3) is 0 Å². The summed E-state index contributed by atoms with van der Waals surface area (Å²) in [5.74, 6) is 0.265. The smallest absolute Gasteiger partial charge is 0.255 e. The fraction of sp³-hybridized carbons (Fsp3) is 0.211. The van der Waals surface area contributed by atoms with E-state index in [1.165, 1.54) is 0 Å². The number of nitrogens with zero attached hydrogens (tertiary/aromatic N) is 1. The molecule has 0 aromatic heterocycles. The average Bonchev–Trinajstić information content (AvgIpc) is 2.68. The molecule has 134 valence electrons. The minimum atomic E-state index is -0.249. The van der Waals surface area contributed by atoms with E-state index in [0.717, 1.165) is 25.2 Å². The SMILES string of the molecule is CNC(=O)c1cccc(NC(=O)c2cccc(NC3=NCCCN3)c2)c1. The molecule has 0 spiro atoms. The number of carbonyl (C=O) groups excluding carboxylic acids is 2. The van der Waals surface area contributed by atoms with E-state index < -0.39 is 0 Å². The van der Waals surface area contributed by atoms with E-state index in [0.29, 0.717) is 22.8 Å². The van der Waals surface area contributed by atoms with Crippen LogP contribution in [0.3, 0.4) is 0 Å². The van der Waals surface area contributed by atoms with Gasteiger partial charge in [0.2, 0.25) is 0 Å². The maximum Gasteiger partial charge on any atom is 0.255 e. The summed E-state index contributed by atoms with van der Waals surface area (Å²) in [6.45, 7) is 1.67. The van der Waals surface area contributed by atoms with Gasteiger partial charge >= 0.3 is 0 Å². The second kappa shape index (κ2) is 8.15. The quantitative estimate of drug-likeness (QED) is 0.678. The van der Waals surface area contributed by atoms with Gasteiger partial charge in [-0.15, -0.1) is 0 Å². The summed E-state index contributed by atoms with van der Waals surface area (Å²) < 4.78 is 0. The van der Waals surface area contributed by atoms with Crippen LogP contribution >= 0.6 is 0 Å². The van der Waals surface area contributed by atoms with Crippen molar-refractivity contribution in [1.29, 1.82) is 0 Å². The molecule has 7 nitrogen and oxygen atoms in total. The van der Waals surface area contributed by atoms with Crippen molar-refractivity contribution in [3.8, 4) is 0 Å². The third-order valence-electron chi connectivity index (χ3n) is 3.89. The Kier molecular flexibility index (Phi) is 5.48. The molecule has 0 bridgehead atoms. The monoisotopic (exact) mass is 351 g/mol. The number of rotatable bonds is 4. The molecule has 2 aromatic carbocycles. The van der Waals surface area contributed by atoms with Crippen LogP contribution in [0.1, 0.15) is 27.1 Å². The molecule has 0 fully saturated rings. The molecule has 4 N–H and O–H groups in total. The summed E-state index contributed by atoms with van der Waals surface area (Å²) in [5, 5.41) is 11.7. The summed E-state index contributed by atoms with van der Waals surface area (Å²) in [4.78, 5) is 28.6. The van der Waals surface area contributed by atoms with Gasteiger partial charge in [-0.2, -0.15) is 0 Å². The Bertz CT molecular complexity index is 847. The molecule has 0 atom stereocenters. The van der Waals surface area contributed by atoms with Crippen LogP contribution in [0.2, 0.25) is 0 Å². The number of anilines is 2. The van der Waals surface area contributed by atoms with Crippen molar-refractivity contribution in [2.45, 2.75) is 6.42 Å². The van der Waals surface area contributed by atoms with Crippen LogP contribution in [-0.4, -0.2) is 37.9 Å². The highest BCUT2D eigenvalue weighted by Crippen LogP contribution is 2.15. The second-order valence-corrected chi connectivity index (χ2v) is 5.83. The molecule has 0 unspecified atom stereocenters. The number of benzene rings is 2. The lowest BCUT2D eigenvalue weighted by atomic mass is 10.1. The van der Waals surface area contributed by atoms with Gasteiger partial charge in [0.1, 0.15) is 0 Å². The summed E-state index contributed by atoms with van der Waals surface area (Å²) in [7, 11) is 1.57. The zero-order valence-corrected chi connectivity index (χ0v) is 14.5. The van der Waals surface area contributed by atoms with Crippen LogP contribution < -0.4 is 21.3 Å². The molecule has 1 aliphatic rings. The molecule has 0 saturated carbocycles. The minimum Gasteiger partial charge on any atom is -0.356 e. The molecule has 2 amide bonds. The second-order valence-electron chi connectivity index (χ2n) is 5.83. The van der Waals surface area contributed by atoms with Crippen LogP contribution in [-0.2, 0) is 0 Å². The Morgan fingerprint density at radius 2 is 1.69 bits per heavy atom. The number of aliphatic imine (C=N–C) groups is 1. The van der Waals surface area contributed by atoms with Gasteiger partial charge in [0.15, 0.2) is 5.96 Å². The molecule has 3 rings (SSSR count). The molecular formula is C19H21N5O2. The first-order valence-corrected chi connectivity index (χ1v) is 8.44. The molecule has 0 aliphatic carbocycles. The van der Waals surface area contributed by atoms with Crippen molar-refractivity contribution in [2.24, 2.45) is 4.99 Å². The number of carbonyl (C=O) groups is 2. The predicted octanol–water partition coefficient (Wildman–Crippen LogP) is 2.06. The van der Waals surface area contributed by atoms with E-state index in [1.807, 2.05) is 12.1 Å². The molecule has 1 heterocycles. The maximum atomic E-state index is 12.5. The van der Waals surface area contributed by atoms with Crippen molar-refractivity contribution in [2.75, 3.05) is 30.8 Å². The zero-order valence-electron chi connectivity index (χ0n) is 14.5. The molecule has 26 heavy (non-hydrogen) atoms. The Morgan fingerprint density at radius 1 is 1.00 bits per heavy atom. The van der Waals surface area contributed by atoms with Crippen molar-refractivity contribution >= 4 is 29.1 Å². The topological polar surface area (TPSA) is 94.6 Å². The average molecular weight is 351 g/mol. The van der Waals surface area contributed by atoms with Gasteiger partial charge in [-0.3, -0.25) is 14.6 Å². The van der Waals surface area contributed by atoms with E-state index in [1.54, 1.807) is 43.4 Å². The minimum absolute atomic E-state index is 0.201. The normalized spacial score (nSPS) is 13.2. The summed E-state index contributed by atoms with van der Waals surface area (Å²) in [6, 6.07) is 14.0. The van der Waals surface area contributed by atoms with Gasteiger partial charge < -0.3 is 21.3 Å². The summed E-state index contributed by atoms with van der Waals surface area (Å²) in [6.07, 6.45) is 1.02. The Hall–Kier alpha value is -3.35. The summed E-state index contributed by atoms with van der Waals surface area (Å²) in [5.41, 5.74) is 2.34. The Balaban J connectivity index is 1.71. The summed E-state index contributed by atoms with van der Waals surface area (Å²) >= 11 is 0. The van der Waals surface area contributed by atoms with E-state index in [4.69, 9.17) is 0 Å². The fourth-order valence-electron chi connectivity index (χ4n) is 2.58. The van der Waals surface area contributed by atoms with E-state index >= 15 is 0 Å².